The van der Waals surface area contributed by atoms with E-state index >= 15 is 0 Å². The van der Waals surface area contributed by atoms with Gasteiger partial charge in [-0.1, -0.05) is 24.3 Å². The first kappa shape index (κ1) is 17.0. The van der Waals surface area contributed by atoms with Crippen LogP contribution in [0.25, 0.3) is 10.8 Å². The maximum atomic E-state index is 12.2. The van der Waals surface area contributed by atoms with Crippen LogP contribution in [0.2, 0.25) is 0 Å². The van der Waals surface area contributed by atoms with Gasteiger partial charge in [0.05, 0.1) is 11.8 Å². The van der Waals surface area contributed by atoms with Crippen molar-refractivity contribution in [3.8, 4) is 17.6 Å². The number of ether oxygens (including phenoxy) is 1. The van der Waals surface area contributed by atoms with Crippen LogP contribution in [0.5, 0.6) is 11.5 Å². The molecule has 0 saturated carbocycles. The number of aromatic hydroxyl groups is 1. The van der Waals surface area contributed by atoms with Crippen LogP contribution < -0.4 is 10.2 Å². The molecule has 3 aromatic carbocycles. The highest BCUT2D eigenvalue weighted by molar-refractivity contribution is 6.01. The van der Waals surface area contributed by atoms with E-state index in [1.54, 1.807) is 36.4 Å². The second kappa shape index (κ2) is 7.81. The number of hydrogen-bond acceptors (Lipinski definition) is 5. The summed E-state index contributed by atoms with van der Waals surface area (Å²) in [6, 6.07) is 19.4. The lowest BCUT2D eigenvalue weighted by atomic mass is 10.1. The topological polar surface area (TPSA) is 94.7 Å². The standard InChI is InChI=1S/C20H15N3O3/c21-9-10-26-17-7-5-14(6-8-17)13-22-23-20(25)18-11-15-3-1-2-4-16(15)12-19(18)24/h1-8,11-13,24H,10H2,(H,23,25). The van der Waals surface area contributed by atoms with Gasteiger partial charge in [0.25, 0.3) is 5.91 Å². The van der Waals surface area contributed by atoms with Crippen LogP contribution in [0.1, 0.15) is 15.9 Å². The molecule has 0 spiro atoms. The number of phenolic OH excluding ortho intramolecular Hbond substituents is 1. The number of nitrogens with one attached hydrogen (secondary N) is 1. The van der Waals surface area contributed by atoms with Crippen LogP contribution in [0, 0.1) is 11.3 Å². The zero-order valence-corrected chi connectivity index (χ0v) is 13.7. The molecule has 0 bridgehead atoms. The van der Waals surface area contributed by atoms with Crippen LogP contribution in [-0.4, -0.2) is 23.8 Å². The average Bonchev–Trinajstić information content (AvgIpc) is 2.66. The van der Waals surface area contributed by atoms with Crippen LogP contribution in [0.4, 0.5) is 0 Å². The molecule has 0 aliphatic carbocycles. The Morgan fingerprint density at radius 3 is 2.54 bits per heavy atom. The summed E-state index contributed by atoms with van der Waals surface area (Å²) < 4.78 is 5.16. The van der Waals surface area contributed by atoms with E-state index in [0.717, 1.165) is 16.3 Å². The van der Waals surface area contributed by atoms with Crippen molar-refractivity contribution in [2.75, 3.05) is 6.61 Å². The molecule has 0 radical (unpaired) electrons. The number of hydrogen-bond donors (Lipinski definition) is 2. The van der Waals surface area contributed by atoms with Gasteiger partial charge >= 0.3 is 0 Å². The summed E-state index contributed by atoms with van der Waals surface area (Å²) in [4.78, 5) is 12.2. The van der Waals surface area contributed by atoms with Gasteiger partial charge in [-0.3, -0.25) is 4.79 Å². The van der Waals surface area contributed by atoms with Crippen molar-refractivity contribution in [1.82, 2.24) is 5.43 Å². The Labute approximate surface area is 150 Å². The molecule has 0 atom stereocenters. The summed E-state index contributed by atoms with van der Waals surface area (Å²) in [5.41, 5.74) is 3.30. The van der Waals surface area contributed by atoms with E-state index in [1.165, 1.54) is 6.21 Å². The number of phenols is 1. The van der Waals surface area contributed by atoms with Gasteiger partial charge in [0, 0.05) is 0 Å². The smallest absolute Gasteiger partial charge is 0.275 e. The summed E-state index contributed by atoms with van der Waals surface area (Å²) in [5, 5.41) is 24.1. The SMILES string of the molecule is N#CCOc1ccc(C=NNC(=O)c2cc3ccccc3cc2O)cc1. The Bertz CT molecular complexity index is 1000. The molecule has 3 rings (SSSR count). The van der Waals surface area contributed by atoms with Crippen molar-refractivity contribution in [1.29, 1.82) is 5.26 Å². The number of nitrogens with zero attached hydrogens (tertiary/aromatic N) is 2. The minimum absolute atomic E-state index is 0.0151. The monoisotopic (exact) mass is 345 g/mol. The molecule has 0 aromatic heterocycles. The molecule has 0 aliphatic rings. The molecule has 0 fully saturated rings. The van der Waals surface area contributed by atoms with E-state index in [-0.39, 0.29) is 17.9 Å². The first-order valence-electron chi connectivity index (χ1n) is 7.82. The van der Waals surface area contributed by atoms with Crippen LogP contribution in [0.15, 0.2) is 65.8 Å². The number of carbonyl (C=O) groups is 1. The molecule has 1 amide bonds. The molecular formula is C20H15N3O3. The maximum absolute atomic E-state index is 12.2. The summed E-state index contributed by atoms with van der Waals surface area (Å²) >= 11 is 0. The minimum atomic E-state index is -0.501. The summed E-state index contributed by atoms with van der Waals surface area (Å²) in [5.74, 6) is -0.0253. The first-order valence-corrected chi connectivity index (χ1v) is 7.82. The largest absolute Gasteiger partial charge is 0.507 e. The number of amides is 1. The van der Waals surface area contributed by atoms with Crippen molar-refractivity contribution < 1.29 is 14.6 Å². The second-order valence-corrected chi connectivity index (χ2v) is 5.43. The van der Waals surface area contributed by atoms with Crippen molar-refractivity contribution in [2.24, 2.45) is 5.10 Å². The quantitative estimate of drug-likeness (QED) is 0.548. The third-order valence-electron chi connectivity index (χ3n) is 3.67. The van der Waals surface area contributed by atoms with Gasteiger partial charge in [-0.2, -0.15) is 10.4 Å². The van der Waals surface area contributed by atoms with Crippen molar-refractivity contribution in [3.05, 3.63) is 71.8 Å². The Kier molecular flexibility index (Phi) is 5.11. The number of fused-ring (bicyclic) bond motifs is 1. The molecule has 6 heteroatoms. The Hall–Kier alpha value is -3.85. The number of hydrazone groups is 1. The fraction of sp³-hybridized carbons (Fsp3) is 0.0500. The van der Waals surface area contributed by atoms with Gasteiger partial charge in [-0.15, -0.1) is 0 Å². The van der Waals surface area contributed by atoms with Gasteiger partial charge in [0.1, 0.15) is 17.6 Å². The average molecular weight is 345 g/mol. The van der Waals surface area contributed by atoms with E-state index < -0.39 is 5.91 Å². The van der Waals surface area contributed by atoms with E-state index in [2.05, 4.69) is 10.5 Å². The Balaban J connectivity index is 1.67. The van der Waals surface area contributed by atoms with E-state index in [9.17, 15) is 9.90 Å². The molecule has 26 heavy (non-hydrogen) atoms. The zero-order valence-electron chi connectivity index (χ0n) is 13.7. The maximum Gasteiger partial charge on any atom is 0.275 e. The number of carbonyl (C=O) groups excluding carboxylic acids is 1. The minimum Gasteiger partial charge on any atom is -0.507 e. The fourth-order valence-electron chi connectivity index (χ4n) is 2.40. The molecule has 0 aliphatic heterocycles. The Morgan fingerprint density at radius 2 is 1.85 bits per heavy atom. The van der Waals surface area contributed by atoms with Crippen LogP contribution >= 0.6 is 0 Å². The lowest BCUT2D eigenvalue weighted by Gasteiger charge is -2.05. The number of benzene rings is 3. The van der Waals surface area contributed by atoms with Crippen molar-refractivity contribution in [2.45, 2.75) is 0 Å². The number of rotatable bonds is 5. The van der Waals surface area contributed by atoms with E-state index in [0.29, 0.717) is 5.75 Å². The third kappa shape index (κ3) is 3.97. The van der Waals surface area contributed by atoms with Crippen LogP contribution in [-0.2, 0) is 0 Å². The second-order valence-electron chi connectivity index (χ2n) is 5.43. The normalized spacial score (nSPS) is 10.6. The molecule has 6 nitrogen and oxygen atoms in total. The highest BCUT2D eigenvalue weighted by Gasteiger charge is 2.11. The van der Waals surface area contributed by atoms with Gasteiger partial charge in [0.15, 0.2) is 6.61 Å². The highest BCUT2D eigenvalue weighted by atomic mass is 16.5. The first-order chi connectivity index (χ1) is 12.7. The van der Waals surface area contributed by atoms with E-state index in [4.69, 9.17) is 10.00 Å². The predicted molar refractivity (Wildman–Crippen MR) is 98.2 cm³/mol. The molecule has 0 unspecified atom stereocenters. The fourth-order valence-corrected chi connectivity index (χ4v) is 2.40. The van der Waals surface area contributed by atoms with Gasteiger partial charge in [-0.05, 0) is 52.7 Å². The molecular weight excluding hydrogens is 330 g/mol. The predicted octanol–water partition coefficient (Wildman–Crippen LogP) is 3.21. The highest BCUT2D eigenvalue weighted by Crippen LogP contribution is 2.24. The summed E-state index contributed by atoms with van der Waals surface area (Å²) in [6.07, 6.45) is 1.48. The molecule has 0 heterocycles. The molecule has 128 valence electrons. The zero-order chi connectivity index (χ0) is 18.4. The van der Waals surface area contributed by atoms with Gasteiger partial charge < -0.3 is 9.84 Å². The lowest BCUT2D eigenvalue weighted by Crippen LogP contribution is -2.17. The van der Waals surface area contributed by atoms with E-state index in [1.807, 2.05) is 30.3 Å². The van der Waals surface area contributed by atoms with Gasteiger partial charge in [-0.25, -0.2) is 5.43 Å². The Morgan fingerprint density at radius 1 is 1.15 bits per heavy atom. The third-order valence-corrected chi connectivity index (χ3v) is 3.67. The summed E-state index contributed by atoms with van der Waals surface area (Å²) in [7, 11) is 0. The molecule has 3 aromatic rings. The summed E-state index contributed by atoms with van der Waals surface area (Å²) in [6.45, 7) is -0.0151. The van der Waals surface area contributed by atoms with Gasteiger partial charge in [0.2, 0.25) is 0 Å². The molecule has 2 N–H and O–H groups in total. The molecule has 0 saturated heterocycles. The lowest BCUT2D eigenvalue weighted by molar-refractivity contribution is 0.0952. The van der Waals surface area contributed by atoms with Crippen molar-refractivity contribution >= 4 is 22.9 Å². The van der Waals surface area contributed by atoms with Crippen molar-refractivity contribution in [3.63, 3.8) is 0 Å². The number of nitriles is 1. The van der Waals surface area contributed by atoms with Crippen LogP contribution in [0.3, 0.4) is 0 Å².